The first-order valence-corrected chi connectivity index (χ1v) is 8.19. The molecule has 0 aliphatic carbocycles. The van der Waals surface area contributed by atoms with E-state index in [0.29, 0.717) is 6.04 Å². The summed E-state index contributed by atoms with van der Waals surface area (Å²) in [6.07, 6.45) is 3.80. The Hall–Kier alpha value is -1.98. The maximum atomic E-state index is 5.73. The van der Waals surface area contributed by atoms with Crippen molar-refractivity contribution in [2.24, 2.45) is 0 Å². The van der Waals surface area contributed by atoms with Gasteiger partial charge in [-0.1, -0.05) is 12.1 Å². The molecule has 1 N–H and O–H groups in total. The first kappa shape index (κ1) is 15.9. The number of piperazine rings is 1. The third kappa shape index (κ3) is 4.27. The Morgan fingerprint density at radius 2 is 1.96 bits per heavy atom. The second-order valence-electron chi connectivity index (χ2n) is 6.09. The van der Waals surface area contributed by atoms with Gasteiger partial charge in [-0.05, 0) is 37.6 Å². The summed E-state index contributed by atoms with van der Waals surface area (Å²) in [4.78, 5) is 11.1. The standard InChI is InChI=1S/C18H24N4O/c1-14(2)23-16-6-4-15(5-7-16)17-12-19-10-11-22(17)13-18-20-8-3-9-21-18/h3-9,14,17,19H,10-13H2,1-2H3. The van der Waals surface area contributed by atoms with Crippen LogP contribution in [0.1, 0.15) is 31.3 Å². The van der Waals surface area contributed by atoms with Gasteiger partial charge in [0.25, 0.3) is 0 Å². The zero-order valence-corrected chi connectivity index (χ0v) is 13.8. The summed E-state index contributed by atoms with van der Waals surface area (Å²) in [6.45, 7) is 7.79. The normalized spacial score (nSPS) is 19.0. The van der Waals surface area contributed by atoms with Gasteiger partial charge < -0.3 is 10.1 Å². The van der Waals surface area contributed by atoms with Crippen molar-refractivity contribution in [3.63, 3.8) is 0 Å². The second-order valence-corrected chi connectivity index (χ2v) is 6.09. The highest BCUT2D eigenvalue weighted by Crippen LogP contribution is 2.25. The lowest BCUT2D eigenvalue weighted by atomic mass is 10.0. The summed E-state index contributed by atoms with van der Waals surface area (Å²) in [5, 5.41) is 3.48. The fraction of sp³-hybridized carbons (Fsp3) is 0.444. The molecule has 0 bridgehead atoms. The van der Waals surface area contributed by atoms with Gasteiger partial charge in [0, 0.05) is 38.1 Å². The topological polar surface area (TPSA) is 50.3 Å². The molecule has 122 valence electrons. The number of benzene rings is 1. The molecular formula is C18H24N4O. The lowest BCUT2D eigenvalue weighted by molar-refractivity contribution is 0.150. The minimum absolute atomic E-state index is 0.198. The Morgan fingerprint density at radius 3 is 2.65 bits per heavy atom. The number of nitrogens with zero attached hydrogens (tertiary/aromatic N) is 3. The molecule has 5 heteroatoms. The molecule has 1 saturated heterocycles. The summed E-state index contributed by atoms with van der Waals surface area (Å²) >= 11 is 0. The molecule has 1 aliphatic rings. The number of aromatic nitrogens is 2. The van der Waals surface area contributed by atoms with E-state index in [1.54, 1.807) is 12.4 Å². The van der Waals surface area contributed by atoms with E-state index in [0.717, 1.165) is 37.8 Å². The van der Waals surface area contributed by atoms with E-state index in [1.165, 1.54) is 5.56 Å². The SMILES string of the molecule is CC(C)Oc1ccc(C2CNCCN2Cc2ncccn2)cc1. The van der Waals surface area contributed by atoms with Gasteiger partial charge in [-0.25, -0.2) is 9.97 Å². The molecule has 0 saturated carbocycles. The van der Waals surface area contributed by atoms with E-state index in [-0.39, 0.29) is 6.10 Å². The maximum Gasteiger partial charge on any atom is 0.142 e. The zero-order chi connectivity index (χ0) is 16.1. The van der Waals surface area contributed by atoms with Crippen molar-refractivity contribution in [3.8, 4) is 5.75 Å². The largest absolute Gasteiger partial charge is 0.491 e. The molecule has 0 amide bonds. The number of ether oxygens (including phenoxy) is 1. The fourth-order valence-corrected chi connectivity index (χ4v) is 2.90. The Labute approximate surface area is 137 Å². The first-order chi connectivity index (χ1) is 11.2. The number of hydrogen-bond donors (Lipinski definition) is 1. The van der Waals surface area contributed by atoms with E-state index < -0.39 is 0 Å². The number of rotatable bonds is 5. The molecule has 1 unspecified atom stereocenters. The van der Waals surface area contributed by atoms with Crippen LogP contribution in [0.25, 0.3) is 0 Å². The van der Waals surface area contributed by atoms with Crippen LogP contribution in [0.3, 0.4) is 0 Å². The van der Waals surface area contributed by atoms with Crippen LogP contribution >= 0.6 is 0 Å². The van der Waals surface area contributed by atoms with Gasteiger partial charge in [-0.2, -0.15) is 0 Å². The smallest absolute Gasteiger partial charge is 0.142 e. The molecular weight excluding hydrogens is 288 g/mol. The van der Waals surface area contributed by atoms with Crippen LogP contribution in [0, 0.1) is 0 Å². The van der Waals surface area contributed by atoms with Crippen molar-refractivity contribution in [1.29, 1.82) is 0 Å². The summed E-state index contributed by atoms with van der Waals surface area (Å²) in [7, 11) is 0. The predicted molar refractivity (Wildman–Crippen MR) is 90.3 cm³/mol. The second kappa shape index (κ2) is 7.53. The van der Waals surface area contributed by atoms with Gasteiger partial charge in [0.1, 0.15) is 11.6 Å². The van der Waals surface area contributed by atoms with Crippen molar-refractivity contribution in [3.05, 3.63) is 54.1 Å². The van der Waals surface area contributed by atoms with E-state index >= 15 is 0 Å². The van der Waals surface area contributed by atoms with Crippen LogP contribution < -0.4 is 10.1 Å². The Morgan fingerprint density at radius 1 is 1.22 bits per heavy atom. The Balaban J connectivity index is 1.73. The van der Waals surface area contributed by atoms with Crippen molar-refractivity contribution < 1.29 is 4.74 Å². The maximum absolute atomic E-state index is 5.73. The summed E-state index contributed by atoms with van der Waals surface area (Å²) in [5.74, 6) is 1.80. The van der Waals surface area contributed by atoms with E-state index in [4.69, 9.17) is 4.74 Å². The van der Waals surface area contributed by atoms with Gasteiger partial charge >= 0.3 is 0 Å². The number of nitrogens with one attached hydrogen (secondary N) is 1. The van der Waals surface area contributed by atoms with Crippen LogP contribution in [-0.4, -0.2) is 40.6 Å². The number of hydrogen-bond acceptors (Lipinski definition) is 5. The zero-order valence-electron chi connectivity index (χ0n) is 13.8. The average molecular weight is 312 g/mol. The third-order valence-electron chi connectivity index (χ3n) is 3.95. The van der Waals surface area contributed by atoms with Gasteiger partial charge in [0.2, 0.25) is 0 Å². The van der Waals surface area contributed by atoms with E-state index in [9.17, 15) is 0 Å². The van der Waals surface area contributed by atoms with E-state index in [1.807, 2.05) is 19.9 Å². The van der Waals surface area contributed by atoms with Gasteiger partial charge in [0.05, 0.1) is 12.6 Å². The highest BCUT2D eigenvalue weighted by atomic mass is 16.5. The van der Waals surface area contributed by atoms with Crippen LogP contribution in [0.5, 0.6) is 5.75 Å². The highest BCUT2D eigenvalue weighted by molar-refractivity contribution is 5.30. The van der Waals surface area contributed by atoms with Gasteiger partial charge in [0.15, 0.2) is 0 Å². The first-order valence-electron chi connectivity index (χ1n) is 8.19. The monoisotopic (exact) mass is 312 g/mol. The van der Waals surface area contributed by atoms with Crippen molar-refractivity contribution >= 4 is 0 Å². The van der Waals surface area contributed by atoms with Crippen LogP contribution in [0.15, 0.2) is 42.7 Å². The average Bonchev–Trinajstić information content (AvgIpc) is 2.57. The van der Waals surface area contributed by atoms with Crippen LogP contribution in [0.2, 0.25) is 0 Å². The molecule has 0 radical (unpaired) electrons. The summed E-state index contributed by atoms with van der Waals surface area (Å²) < 4.78 is 5.73. The molecule has 0 spiro atoms. The molecule has 1 atom stereocenters. The predicted octanol–water partition coefficient (Wildman–Crippen LogP) is 2.41. The molecule has 5 nitrogen and oxygen atoms in total. The van der Waals surface area contributed by atoms with Gasteiger partial charge in [-0.3, -0.25) is 4.90 Å². The van der Waals surface area contributed by atoms with E-state index in [2.05, 4.69) is 44.5 Å². The fourth-order valence-electron chi connectivity index (χ4n) is 2.90. The van der Waals surface area contributed by atoms with Crippen molar-refractivity contribution in [2.45, 2.75) is 32.5 Å². The summed E-state index contributed by atoms with van der Waals surface area (Å²) in [5.41, 5.74) is 1.30. The Bertz CT molecular complexity index is 600. The lowest BCUT2D eigenvalue weighted by Crippen LogP contribution is -2.45. The van der Waals surface area contributed by atoms with Crippen LogP contribution in [-0.2, 0) is 6.54 Å². The molecule has 1 aromatic carbocycles. The highest BCUT2D eigenvalue weighted by Gasteiger charge is 2.24. The van der Waals surface area contributed by atoms with Crippen molar-refractivity contribution in [2.75, 3.05) is 19.6 Å². The van der Waals surface area contributed by atoms with Crippen molar-refractivity contribution in [1.82, 2.24) is 20.2 Å². The third-order valence-corrected chi connectivity index (χ3v) is 3.95. The molecule has 2 aromatic rings. The molecule has 2 heterocycles. The molecule has 23 heavy (non-hydrogen) atoms. The lowest BCUT2D eigenvalue weighted by Gasteiger charge is -2.36. The molecule has 3 rings (SSSR count). The minimum Gasteiger partial charge on any atom is -0.491 e. The van der Waals surface area contributed by atoms with Crippen LogP contribution in [0.4, 0.5) is 0 Å². The quantitative estimate of drug-likeness (QED) is 0.919. The Kier molecular flexibility index (Phi) is 5.20. The molecule has 1 aliphatic heterocycles. The minimum atomic E-state index is 0.198. The van der Waals surface area contributed by atoms with Gasteiger partial charge in [-0.15, -0.1) is 0 Å². The molecule has 1 aromatic heterocycles. The summed E-state index contributed by atoms with van der Waals surface area (Å²) in [6, 6.07) is 10.6. The molecule has 1 fully saturated rings.